The summed E-state index contributed by atoms with van der Waals surface area (Å²) < 4.78 is 2.14. The third-order valence-electron chi connectivity index (χ3n) is 2.74. The second-order valence-corrected chi connectivity index (χ2v) is 4.92. The Labute approximate surface area is 104 Å². The van der Waals surface area contributed by atoms with E-state index in [9.17, 15) is 0 Å². The largest absolute Gasteiger partial charge is 0.330 e. The first-order valence-corrected chi connectivity index (χ1v) is 6.42. The first-order valence-electron chi connectivity index (χ1n) is 5.60. The van der Waals surface area contributed by atoms with Crippen molar-refractivity contribution in [2.75, 3.05) is 6.54 Å². The van der Waals surface area contributed by atoms with Crippen molar-refractivity contribution in [1.29, 1.82) is 0 Å². The Morgan fingerprint density at radius 1 is 1.24 bits per heavy atom. The molecule has 3 aromatic rings. The van der Waals surface area contributed by atoms with Crippen molar-refractivity contribution < 1.29 is 0 Å². The van der Waals surface area contributed by atoms with Crippen LogP contribution in [-0.2, 0) is 6.42 Å². The van der Waals surface area contributed by atoms with E-state index in [0.29, 0.717) is 6.54 Å². The van der Waals surface area contributed by atoms with Crippen molar-refractivity contribution >= 4 is 16.3 Å². The monoisotopic (exact) mass is 243 g/mol. The second-order valence-electron chi connectivity index (χ2n) is 3.86. The molecule has 3 nitrogen and oxygen atoms in total. The summed E-state index contributed by atoms with van der Waals surface area (Å²) in [6, 6.07) is 10.4. The molecule has 0 aliphatic heterocycles. The van der Waals surface area contributed by atoms with Crippen LogP contribution in [0.5, 0.6) is 0 Å². The van der Waals surface area contributed by atoms with Crippen LogP contribution >= 0.6 is 11.3 Å². The third kappa shape index (κ3) is 1.75. The minimum atomic E-state index is 0.670. The Bertz CT molecular complexity index is 624. The molecule has 0 saturated heterocycles. The Balaban J connectivity index is 2.24. The zero-order chi connectivity index (χ0) is 11.7. The van der Waals surface area contributed by atoms with Crippen LogP contribution in [-0.4, -0.2) is 15.9 Å². The molecule has 0 radical (unpaired) electrons. The van der Waals surface area contributed by atoms with Gasteiger partial charge in [-0.05, 0) is 18.5 Å². The summed E-state index contributed by atoms with van der Waals surface area (Å²) in [6.07, 6.45) is 4.75. The summed E-state index contributed by atoms with van der Waals surface area (Å²) >= 11 is 1.72. The standard InChI is InChI=1S/C13H13N3S/c14-7-6-11-12(10-4-2-1-3-5-10)16-9-8-15-13(16)17-11/h1-5,8-9H,6-7,14H2. The summed E-state index contributed by atoms with van der Waals surface area (Å²) in [5.41, 5.74) is 8.13. The van der Waals surface area contributed by atoms with Crippen LogP contribution in [0, 0.1) is 0 Å². The average Bonchev–Trinajstić information content (AvgIpc) is 2.90. The molecule has 0 fully saturated rings. The molecule has 2 N–H and O–H groups in total. The van der Waals surface area contributed by atoms with Gasteiger partial charge in [-0.1, -0.05) is 30.3 Å². The fourth-order valence-electron chi connectivity index (χ4n) is 2.02. The highest BCUT2D eigenvalue weighted by Crippen LogP contribution is 2.31. The van der Waals surface area contributed by atoms with Gasteiger partial charge in [-0.25, -0.2) is 4.98 Å². The summed E-state index contributed by atoms with van der Waals surface area (Å²) in [5.74, 6) is 0. The molecule has 0 bridgehead atoms. The molecular formula is C13H13N3S. The molecule has 0 atom stereocenters. The molecule has 1 aromatic carbocycles. The number of fused-ring (bicyclic) bond motifs is 1. The normalized spacial score (nSPS) is 11.1. The molecule has 4 heteroatoms. The molecule has 2 aromatic heterocycles. The summed E-state index contributed by atoms with van der Waals surface area (Å²) in [4.78, 5) is 6.69. The first kappa shape index (κ1) is 10.5. The summed E-state index contributed by atoms with van der Waals surface area (Å²) in [6.45, 7) is 0.670. The predicted octanol–water partition coefficient (Wildman–Crippen LogP) is 2.56. The van der Waals surface area contributed by atoms with Crippen LogP contribution in [0.2, 0.25) is 0 Å². The lowest BCUT2D eigenvalue weighted by Crippen LogP contribution is -2.02. The van der Waals surface area contributed by atoms with Crippen molar-refractivity contribution in [3.05, 3.63) is 47.6 Å². The number of aromatic nitrogens is 2. The van der Waals surface area contributed by atoms with E-state index in [2.05, 4.69) is 33.7 Å². The second kappa shape index (κ2) is 4.31. The maximum Gasteiger partial charge on any atom is 0.194 e. The Kier molecular flexibility index (Phi) is 2.66. The topological polar surface area (TPSA) is 43.3 Å². The molecule has 0 aliphatic rings. The van der Waals surface area contributed by atoms with Gasteiger partial charge in [-0.15, -0.1) is 11.3 Å². The van der Waals surface area contributed by atoms with Crippen molar-refractivity contribution in [3.63, 3.8) is 0 Å². The van der Waals surface area contributed by atoms with Crippen LogP contribution in [0.1, 0.15) is 4.88 Å². The van der Waals surface area contributed by atoms with Gasteiger partial charge in [0.1, 0.15) is 0 Å². The SMILES string of the molecule is NCCc1sc2nccn2c1-c1ccccc1. The lowest BCUT2D eigenvalue weighted by Gasteiger charge is -2.03. The third-order valence-corrected chi connectivity index (χ3v) is 3.87. The lowest BCUT2D eigenvalue weighted by atomic mass is 10.1. The van der Waals surface area contributed by atoms with Crippen molar-refractivity contribution in [2.45, 2.75) is 6.42 Å². The van der Waals surface area contributed by atoms with Crippen molar-refractivity contribution in [1.82, 2.24) is 9.38 Å². The molecule has 0 spiro atoms. The molecule has 2 heterocycles. The maximum atomic E-state index is 5.68. The van der Waals surface area contributed by atoms with E-state index in [4.69, 9.17) is 5.73 Å². The Morgan fingerprint density at radius 2 is 2.06 bits per heavy atom. The fraction of sp³-hybridized carbons (Fsp3) is 0.154. The van der Waals surface area contributed by atoms with Gasteiger partial charge in [0.2, 0.25) is 0 Å². The van der Waals surface area contributed by atoms with Crippen LogP contribution in [0.25, 0.3) is 16.2 Å². The van der Waals surface area contributed by atoms with E-state index < -0.39 is 0 Å². The average molecular weight is 243 g/mol. The minimum Gasteiger partial charge on any atom is -0.330 e. The van der Waals surface area contributed by atoms with Gasteiger partial charge < -0.3 is 5.73 Å². The van der Waals surface area contributed by atoms with Gasteiger partial charge in [0.15, 0.2) is 4.96 Å². The van der Waals surface area contributed by atoms with Crippen LogP contribution in [0.15, 0.2) is 42.7 Å². The van der Waals surface area contributed by atoms with Gasteiger partial charge in [-0.3, -0.25) is 4.40 Å². The van der Waals surface area contributed by atoms with E-state index in [1.807, 2.05) is 18.5 Å². The van der Waals surface area contributed by atoms with E-state index >= 15 is 0 Å². The van der Waals surface area contributed by atoms with Crippen LogP contribution in [0.3, 0.4) is 0 Å². The predicted molar refractivity (Wildman–Crippen MR) is 71.3 cm³/mol. The summed E-state index contributed by atoms with van der Waals surface area (Å²) in [7, 11) is 0. The van der Waals surface area contributed by atoms with Crippen molar-refractivity contribution in [3.8, 4) is 11.3 Å². The maximum absolute atomic E-state index is 5.68. The number of nitrogens with zero attached hydrogens (tertiary/aromatic N) is 2. The lowest BCUT2D eigenvalue weighted by molar-refractivity contribution is 0.981. The van der Waals surface area contributed by atoms with Gasteiger partial charge in [0, 0.05) is 17.3 Å². The van der Waals surface area contributed by atoms with Crippen LogP contribution < -0.4 is 5.73 Å². The van der Waals surface area contributed by atoms with Crippen molar-refractivity contribution in [2.24, 2.45) is 5.73 Å². The molecule has 0 unspecified atom stereocenters. The number of imidazole rings is 1. The van der Waals surface area contributed by atoms with E-state index in [1.54, 1.807) is 11.3 Å². The molecule has 0 saturated carbocycles. The van der Waals surface area contributed by atoms with E-state index in [-0.39, 0.29) is 0 Å². The molecule has 0 aliphatic carbocycles. The number of hydrogen-bond acceptors (Lipinski definition) is 3. The number of benzene rings is 1. The molecule has 86 valence electrons. The van der Waals surface area contributed by atoms with E-state index in [0.717, 1.165) is 11.4 Å². The molecular weight excluding hydrogens is 230 g/mol. The summed E-state index contributed by atoms with van der Waals surface area (Å²) in [5, 5.41) is 0. The molecule has 0 amide bonds. The van der Waals surface area contributed by atoms with E-state index in [1.165, 1.54) is 16.1 Å². The minimum absolute atomic E-state index is 0.670. The number of thiazole rings is 1. The zero-order valence-corrected chi connectivity index (χ0v) is 10.2. The van der Waals surface area contributed by atoms with Gasteiger partial charge >= 0.3 is 0 Å². The highest BCUT2D eigenvalue weighted by atomic mass is 32.1. The van der Waals surface area contributed by atoms with Gasteiger partial charge in [0.05, 0.1) is 5.69 Å². The number of rotatable bonds is 3. The number of nitrogens with two attached hydrogens (primary N) is 1. The highest BCUT2D eigenvalue weighted by molar-refractivity contribution is 7.17. The molecule has 17 heavy (non-hydrogen) atoms. The zero-order valence-electron chi connectivity index (χ0n) is 9.34. The quantitative estimate of drug-likeness (QED) is 0.768. The van der Waals surface area contributed by atoms with Gasteiger partial charge in [-0.2, -0.15) is 0 Å². The van der Waals surface area contributed by atoms with Crippen LogP contribution in [0.4, 0.5) is 0 Å². The Hall–Kier alpha value is -1.65. The highest BCUT2D eigenvalue weighted by Gasteiger charge is 2.13. The number of hydrogen-bond donors (Lipinski definition) is 1. The van der Waals surface area contributed by atoms with Gasteiger partial charge in [0.25, 0.3) is 0 Å². The Morgan fingerprint density at radius 3 is 2.82 bits per heavy atom. The smallest absolute Gasteiger partial charge is 0.194 e. The fourth-order valence-corrected chi connectivity index (χ4v) is 3.14. The first-order chi connectivity index (χ1) is 8.40. The molecule has 3 rings (SSSR count).